The summed E-state index contributed by atoms with van der Waals surface area (Å²) in [6.45, 7) is 1.40. The van der Waals surface area contributed by atoms with E-state index in [-0.39, 0.29) is 22.4 Å². The van der Waals surface area contributed by atoms with E-state index in [9.17, 15) is 32.6 Å². The summed E-state index contributed by atoms with van der Waals surface area (Å²) in [5.74, 6) is -2.61. The quantitative estimate of drug-likeness (QED) is 0.463. The van der Waals surface area contributed by atoms with Crippen molar-refractivity contribution in [3.63, 3.8) is 0 Å². The molecule has 3 atom stereocenters. The highest BCUT2D eigenvalue weighted by Gasteiger charge is 2.62. The van der Waals surface area contributed by atoms with Crippen molar-refractivity contribution in [3.05, 3.63) is 69.8 Å². The van der Waals surface area contributed by atoms with Crippen molar-refractivity contribution in [2.24, 2.45) is 0 Å². The molecule has 30 heavy (non-hydrogen) atoms. The van der Waals surface area contributed by atoms with Crippen LogP contribution < -0.4 is 10.9 Å². The summed E-state index contributed by atoms with van der Waals surface area (Å²) in [7, 11) is 0. The lowest BCUT2D eigenvalue weighted by Crippen LogP contribution is -2.55. The van der Waals surface area contributed by atoms with E-state index in [1.807, 2.05) is 0 Å². The Morgan fingerprint density at radius 2 is 1.90 bits per heavy atom. The number of benzene rings is 2. The van der Waals surface area contributed by atoms with Gasteiger partial charge >= 0.3 is 6.18 Å². The Labute approximate surface area is 168 Å². The number of nitrogens with one attached hydrogen (secondary N) is 2. The molecule has 0 spiro atoms. The largest absolute Gasteiger partial charge is 0.505 e. The number of hydrogen-bond acceptors (Lipinski definition) is 4. The van der Waals surface area contributed by atoms with Gasteiger partial charge in [-0.1, -0.05) is 19.1 Å². The van der Waals surface area contributed by atoms with Gasteiger partial charge in [-0.15, -0.1) is 0 Å². The third-order valence-electron chi connectivity index (χ3n) is 5.66. The second-order valence-electron chi connectivity index (χ2n) is 7.59. The van der Waals surface area contributed by atoms with Crippen LogP contribution in [0.25, 0.3) is 10.9 Å². The number of phenols is 1. The Hall–Kier alpha value is -3.07. The van der Waals surface area contributed by atoms with Gasteiger partial charge in [-0.2, -0.15) is 13.2 Å². The normalized spacial score (nSPS) is 23.9. The van der Waals surface area contributed by atoms with E-state index in [0.717, 1.165) is 12.1 Å². The maximum absolute atomic E-state index is 14.0. The molecule has 3 aromatic rings. The van der Waals surface area contributed by atoms with Gasteiger partial charge in [-0.3, -0.25) is 4.79 Å². The molecule has 0 fully saturated rings. The van der Waals surface area contributed by atoms with Crippen molar-refractivity contribution in [1.29, 1.82) is 0 Å². The molecule has 4 N–H and O–H groups in total. The fourth-order valence-electron chi connectivity index (χ4n) is 4.26. The molecule has 1 heterocycles. The first-order valence-electron chi connectivity index (χ1n) is 9.22. The number of aromatic amines is 1. The standard InChI is InChI=1S/C21H18F4N2O3/c1-10-9-20(30,21(23,24)25)19(12-5-7-13(22)18(29)17(10)12)27-15-4-2-3-14-11(15)6-8-16(28)26-14/h2-8,10,19,27,29-30H,9H2,1H3,(H,26,28)/t10-,19-,20-/m0/s1. The molecular weight excluding hydrogens is 404 g/mol. The average Bonchev–Trinajstić information content (AvgIpc) is 2.66. The van der Waals surface area contributed by atoms with Gasteiger partial charge in [0.1, 0.15) is 0 Å². The Morgan fingerprint density at radius 1 is 1.17 bits per heavy atom. The first-order chi connectivity index (χ1) is 14.0. The highest BCUT2D eigenvalue weighted by Crippen LogP contribution is 2.54. The number of fused-ring (bicyclic) bond motifs is 2. The van der Waals surface area contributed by atoms with Crippen molar-refractivity contribution in [2.45, 2.75) is 37.1 Å². The van der Waals surface area contributed by atoms with Crippen LogP contribution in [0.3, 0.4) is 0 Å². The fraction of sp³-hybridized carbons (Fsp3) is 0.286. The summed E-state index contributed by atoms with van der Waals surface area (Å²) >= 11 is 0. The molecule has 158 valence electrons. The first-order valence-corrected chi connectivity index (χ1v) is 9.22. The van der Waals surface area contributed by atoms with Gasteiger partial charge < -0.3 is 20.5 Å². The molecule has 4 rings (SSSR count). The van der Waals surface area contributed by atoms with Gasteiger partial charge in [-0.25, -0.2) is 4.39 Å². The molecule has 5 nitrogen and oxygen atoms in total. The fourth-order valence-corrected chi connectivity index (χ4v) is 4.26. The van der Waals surface area contributed by atoms with Crippen molar-refractivity contribution in [2.75, 3.05) is 5.32 Å². The van der Waals surface area contributed by atoms with Gasteiger partial charge in [0.05, 0.1) is 11.6 Å². The highest BCUT2D eigenvalue weighted by atomic mass is 19.4. The third kappa shape index (κ3) is 3.00. The average molecular weight is 422 g/mol. The summed E-state index contributed by atoms with van der Waals surface area (Å²) in [6, 6.07) is 7.64. The van der Waals surface area contributed by atoms with E-state index >= 15 is 0 Å². The molecule has 1 aromatic heterocycles. The van der Waals surface area contributed by atoms with E-state index < -0.39 is 41.7 Å². The van der Waals surface area contributed by atoms with Crippen molar-refractivity contribution < 1.29 is 27.8 Å². The van der Waals surface area contributed by atoms with Gasteiger partial charge in [0.15, 0.2) is 17.2 Å². The van der Waals surface area contributed by atoms with Crippen LogP contribution in [-0.2, 0) is 0 Å². The minimum atomic E-state index is -5.00. The monoisotopic (exact) mass is 422 g/mol. The molecule has 0 aliphatic heterocycles. The predicted octanol–water partition coefficient (Wildman–Crippen LogP) is 4.33. The SMILES string of the molecule is C[C@H]1C[C@@](O)(C(F)(F)F)[C@@H](Nc2cccc3[nH]c(=O)ccc23)c2ccc(F)c(O)c21. The number of rotatable bonds is 2. The first kappa shape index (κ1) is 20.2. The topological polar surface area (TPSA) is 85.4 Å². The number of aromatic hydroxyl groups is 1. The summed E-state index contributed by atoms with van der Waals surface area (Å²) < 4.78 is 56.0. The van der Waals surface area contributed by atoms with Crippen molar-refractivity contribution in [1.82, 2.24) is 4.98 Å². The van der Waals surface area contributed by atoms with Gasteiger partial charge in [0, 0.05) is 22.7 Å². The van der Waals surface area contributed by atoms with E-state index in [1.165, 1.54) is 25.1 Å². The number of phenolic OH excluding ortho intramolecular Hbond substituents is 1. The Kier molecular flexibility index (Phi) is 4.54. The number of hydrogen-bond donors (Lipinski definition) is 4. The van der Waals surface area contributed by atoms with Crippen LogP contribution >= 0.6 is 0 Å². The number of aliphatic hydroxyl groups is 1. The molecule has 0 saturated heterocycles. The zero-order chi connectivity index (χ0) is 21.8. The molecule has 0 unspecified atom stereocenters. The van der Waals surface area contributed by atoms with Crippen molar-refractivity contribution >= 4 is 16.6 Å². The maximum Gasteiger partial charge on any atom is 0.419 e. The molecule has 1 aliphatic carbocycles. The number of alkyl halides is 3. The predicted molar refractivity (Wildman–Crippen MR) is 103 cm³/mol. The van der Waals surface area contributed by atoms with Crippen LogP contribution in [0.2, 0.25) is 0 Å². The van der Waals surface area contributed by atoms with Crippen LogP contribution in [-0.4, -0.2) is 27.0 Å². The zero-order valence-electron chi connectivity index (χ0n) is 15.7. The van der Waals surface area contributed by atoms with Gasteiger partial charge in [0.2, 0.25) is 5.56 Å². The summed E-state index contributed by atoms with van der Waals surface area (Å²) in [5, 5.41) is 24.1. The number of H-pyrrole nitrogens is 1. The van der Waals surface area contributed by atoms with E-state index in [2.05, 4.69) is 10.3 Å². The van der Waals surface area contributed by atoms with Crippen LogP contribution in [0.4, 0.5) is 23.2 Å². The number of aromatic nitrogens is 1. The van der Waals surface area contributed by atoms with Crippen LogP contribution in [0.1, 0.15) is 36.4 Å². The Morgan fingerprint density at radius 3 is 2.60 bits per heavy atom. The highest BCUT2D eigenvalue weighted by molar-refractivity contribution is 5.91. The molecule has 0 amide bonds. The molecule has 2 aromatic carbocycles. The van der Waals surface area contributed by atoms with Gasteiger partial charge in [0.25, 0.3) is 0 Å². The Bertz CT molecular complexity index is 1190. The third-order valence-corrected chi connectivity index (χ3v) is 5.66. The van der Waals surface area contributed by atoms with E-state index in [4.69, 9.17) is 0 Å². The molecular formula is C21H18F4N2O3. The number of anilines is 1. The van der Waals surface area contributed by atoms with Gasteiger partial charge in [-0.05, 0) is 42.2 Å². The number of halogens is 4. The minimum Gasteiger partial charge on any atom is -0.505 e. The lowest BCUT2D eigenvalue weighted by Gasteiger charge is -2.45. The van der Waals surface area contributed by atoms with Crippen LogP contribution in [0.15, 0.2) is 47.3 Å². The molecule has 1 aliphatic rings. The second kappa shape index (κ2) is 6.73. The summed E-state index contributed by atoms with van der Waals surface area (Å²) in [6.07, 6.45) is -5.76. The lowest BCUT2D eigenvalue weighted by molar-refractivity contribution is -0.272. The summed E-state index contributed by atoms with van der Waals surface area (Å²) in [5.41, 5.74) is -2.93. The smallest absolute Gasteiger partial charge is 0.419 e. The Balaban J connectivity index is 1.93. The number of pyridine rings is 1. The van der Waals surface area contributed by atoms with Crippen molar-refractivity contribution in [3.8, 4) is 5.75 Å². The molecule has 0 saturated carbocycles. The molecule has 0 bridgehead atoms. The molecule has 9 heteroatoms. The zero-order valence-corrected chi connectivity index (χ0v) is 15.7. The van der Waals surface area contributed by atoms with Crippen LogP contribution in [0, 0.1) is 5.82 Å². The van der Waals surface area contributed by atoms with E-state index in [1.54, 1.807) is 12.1 Å². The second-order valence-corrected chi connectivity index (χ2v) is 7.59. The molecule has 0 radical (unpaired) electrons. The van der Waals surface area contributed by atoms with Crippen LogP contribution in [0.5, 0.6) is 5.75 Å². The minimum absolute atomic E-state index is 0.0232. The lowest BCUT2D eigenvalue weighted by atomic mass is 9.70. The van der Waals surface area contributed by atoms with E-state index in [0.29, 0.717) is 10.9 Å². The summed E-state index contributed by atoms with van der Waals surface area (Å²) in [4.78, 5) is 14.2. The maximum atomic E-state index is 14.0.